The molecular weight excluding hydrogens is 229 g/mol. The summed E-state index contributed by atoms with van der Waals surface area (Å²) in [5, 5.41) is 8.15. The van der Waals surface area contributed by atoms with Crippen molar-refractivity contribution in [1.82, 2.24) is 0 Å². The van der Waals surface area contributed by atoms with Crippen molar-refractivity contribution >= 4 is 9.84 Å². The fourth-order valence-electron chi connectivity index (χ4n) is 2.08. The Labute approximate surface area is 93.4 Å². The van der Waals surface area contributed by atoms with Crippen LogP contribution in [0.1, 0.15) is 11.5 Å². The zero-order chi connectivity index (χ0) is 11.9. The average molecular weight is 239 g/mol. The van der Waals surface area contributed by atoms with E-state index in [2.05, 4.69) is 0 Å². The number of nitrogens with zero attached hydrogens (tertiary/aromatic N) is 1. The van der Waals surface area contributed by atoms with Crippen molar-refractivity contribution in [3.8, 4) is 6.07 Å². The second-order valence-corrected chi connectivity index (χ2v) is 6.23. The van der Waals surface area contributed by atoms with Crippen LogP contribution in [0.2, 0.25) is 0 Å². The normalized spacial score (nSPS) is 28.4. The van der Waals surface area contributed by atoms with Gasteiger partial charge in [-0.05, 0) is 17.7 Å². The van der Waals surface area contributed by atoms with Crippen LogP contribution in [0.4, 0.5) is 4.39 Å². The second kappa shape index (κ2) is 3.56. The highest BCUT2D eigenvalue weighted by molar-refractivity contribution is 7.91. The Morgan fingerprint density at radius 2 is 2.12 bits per heavy atom. The van der Waals surface area contributed by atoms with E-state index in [1.807, 2.05) is 6.07 Å². The van der Waals surface area contributed by atoms with Gasteiger partial charge in [0, 0.05) is 12.2 Å². The molecule has 0 aliphatic heterocycles. The Bertz CT molecular complexity index is 562. The summed E-state index contributed by atoms with van der Waals surface area (Å²) >= 11 is 0. The van der Waals surface area contributed by atoms with Crippen LogP contribution >= 0.6 is 0 Å². The fraction of sp³-hybridized carbons (Fsp3) is 0.364. The van der Waals surface area contributed by atoms with Gasteiger partial charge in [-0.2, -0.15) is 5.26 Å². The van der Waals surface area contributed by atoms with Crippen molar-refractivity contribution in [2.45, 2.75) is 11.2 Å². The number of sulfone groups is 1. The second-order valence-electron chi connectivity index (χ2n) is 4.03. The molecule has 1 aliphatic rings. The highest BCUT2D eigenvalue weighted by atomic mass is 32.2. The molecule has 84 valence electrons. The van der Waals surface area contributed by atoms with Gasteiger partial charge in [0.2, 0.25) is 0 Å². The summed E-state index contributed by atoms with van der Waals surface area (Å²) in [6.45, 7) is 0. The predicted octanol–water partition coefficient (Wildman–Crippen LogP) is 1.48. The molecule has 1 saturated carbocycles. The Kier molecular flexibility index (Phi) is 2.47. The van der Waals surface area contributed by atoms with Gasteiger partial charge in [0.05, 0.1) is 17.2 Å². The van der Waals surface area contributed by atoms with Gasteiger partial charge in [0.1, 0.15) is 5.82 Å². The standard InChI is InChI=1S/C11H10FNO2S/c1-16(14,15)11-9(6-13)10(11)7-3-2-4-8(12)5-7/h2-5,9-11H,1H3. The van der Waals surface area contributed by atoms with E-state index in [-0.39, 0.29) is 5.92 Å². The highest BCUT2D eigenvalue weighted by Crippen LogP contribution is 2.51. The maximum absolute atomic E-state index is 13.0. The molecule has 0 amide bonds. The van der Waals surface area contributed by atoms with Gasteiger partial charge in [-0.3, -0.25) is 0 Å². The fourth-order valence-corrected chi connectivity index (χ4v) is 3.61. The maximum atomic E-state index is 13.0. The molecule has 3 unspecified atom stereocenters. The van der Waals surface area contributed by atoms with Gasteiger partial charge < -0.3 is 0 Å². The molecular formula is C11H10FNO2S. The average Bonchev–Trinajstić information content (AvgIpc) is 2.91. The first-order chi connectivity index (χ1) is 7.45. The van der Waals surface area contributed by atoms with E-state index < -0.39 is 26.8 Å². The molecule has 0 radical (unpaired) electrons. The van der Waals surface area contributed by atoms with Crippen LogP contribution in [-0.4, -0.2) is 19.9 Å². The molecule has 1 aromatic rings. The van der Waals surface area contributed by atoms with Crippen molar-refractivity contribution in [3.05, 3.63) is 35.6 Å². The summed E-state index contributed by atoms with van der Waals surface area (Å²) < 4.78 is 35.8. The van der Waals surface area contributed by atoms with Crippen molar-refractivity contribution in [1.29, 1.82) is 5.26 Å². The minimum Gasteiger partial charge on any atom is -0.229 e. The molecule has 0 heterocycles. The molecule has 1 aromatic carbocycles. The van der Waals surface area contributed by atoms with Crippen molar-refractivity contribution in [2.24, 2.45) is 5.92 Å². The van der Waals surface area contributed by atoms with Gasteiger partial charge in [-0.25, -0.2) is 12.8 Å². The lowest BCUT2D eigenvalue weighted by molar-refractivity contribution is 0.598. The predicted molar refractivity (Wildman–Crippen MR) is 56.9 cm³/mol. The number of nitriles is 1. The number of rotatable bonds is 2. The van der Waals surface area contributed by atoms with E-state index >= 15 is 0 Å². The van der Waals surface area contributed by atoms with E-state index in [1.54, 1.807) is 6.07 Å². The summed E-state index contributed by atoms with van der Waals surface area (Å²) in [5.41, 5.74) is 0.585. The SMILES string of the molecule is CS(=O)(=O)C1C(C#N)C1c1cccc(F)c1. The first-order valence-corrected chi connectivity index (χ1v) is 6.74. The van der Waals surface area contributed by atoms with Gasteiger partial charge >= 0.3 is 0 Å². The van der Waals surface area contributed by atoms with Crippen LogP contribution in [0.25, 0.3) is 0 Å². The Hall–Kier alpha value is -1.41. The molecule has 0 saturated heterocycles. The minimum absolute atomic E-state index is 0.379. The third kappa shape index (κ3) is 1.81. The number of hydrogen-bond donors (Lipinski definition) is 0. The molecule has 5 heteroatoms. The monoisotopic (exact) mass is 239 g/mol. The summed E-state index contributed by atoms with van der Waals surface area (Å²) in [4.78, 5) is 0. The lowest BCUT2D eigenvalue weighted by Gasteiger charge is -1.98. The number of hydrogen-bond acceptors (Lipinski definition) is 3. The van der Waals surface area contributed by atoms with E-state index in [1.165, 1.54) is 18.2 Å². The Balaban J connectivity index is 2.35. The van der Waals surface area contributed by atoms with Crippen LogP contribution < -0.4 is 0 Å². The topological polar surface area (TPSA) is 57.9 Å². The lowest BCUT2D eigenvalue weighted by Crippen LogP contribution is -2.06. The summed E-state index contributed by atoms with van der Waals surface area (Å²) in [6, 6.07) is 7.73. The summed E-state index contributed by atoms with van der Waals surface area (Å²) in [7, 11) is -3.25. The van der Waals surface area contributed by atoms with E-state index in [4.69, 9.17) is 5.26 Å². The molecule has 16 heavy (non-hydrogen) atoms. The Morgan fingerprint density at radius 3 is 2.56 bits per heavy atom. The lowest BCUT2D eigenvalue weighted by atomic mass is 10.1. The number of benzene rings is 1. The van der Waals surface area contributed by atoms with Gasteiger partial charge in [0.25, 0.3) is 0 Å². The minimum atomic E-state index is -3.25. The van der Waals surface area contributed by atoms with Crippen LogP contribution in [0, 0.1) is 23.1 Å². The third-order valence-corrected chi connectivity index (χ3v) is 4.41. The van der Waals surface area contributed by atoms with Crippen molar-refractivity contribution in [2.75, 3.05) is 6.26 Å². The molecule has 0 N–H and O–H groups in total. The van der Waals surface area contributed by atoms with Crippen LogP contribution in [0.3, 0.4) is 0 Å². The smallest absolute Gasteiger partial charge is 0.152 e. The van der Waals surface area contributed by atoms with Crippen molar-refractivity contribution in [3.63, 3.8) is 0 Å². The number of halogens is 1. The quantitative estimate of drug-likeness (QED) is 0.785. The molecule has 0 aromatic heterocycles. The van der Waals surface area contributed by atoms with E-state index in [0.29, 0.717) is 5.56 Å². The van der Waals surface area contributed by atoms with E-state index in [0.717, 1.165) is 6.26 Å². The summed E-state index contributed by atoms with van der Waals surface area (Å²) in [6.07, 6.45) is 1.11. The zero-order valence-electron chi connectivity index (χ0n) is 8.59. The summed E-state index contributed by atoms with van der Waals surface area (Å²) in [5.74, 6) is -1.33. The van der Waals surface area contributed by atoms with Gasteiger partial charge in [0.15, 0.2) is 9.84 Å². The maximum Gasteiger partial charge on any atom is 0.152 e. The molecule has 3 nitrogen and oxygen atoms in total. The van der Waals surface area contributed by atoms with Crippen LogP contribution in [0.5, 0.6) is 0 Å². The van der Waals surface area contributed by atoms with Crippen molar-refractivity contribution < 1.29 is 12.8 Å². The molecule has 0 bridgehead atoms. The molecule has 2 rings (SSSR count). The third-order valence-electron chi connectivity index (χ3n) is 2.83. The van der Waals surface area contributed by atoms with Crippen LogP contribution in [-0.2, 0) is 9.84 Å². The van der Waals surface area contributed by atoms with Crippen LogP contribution in [0.15, 0.2) is 24.3 Å². The molecule has 0 spiro atoms. The van der Waals surface area contributed by atoms with Gasteiger partial charge in [-0.15, -0.1) is 0 Å². The Morgan fingerprint density at radius 1 is 1.44 bits per heavy atom. The molecule has 1 aliphatic carbocycles. The first-order valence-electron chi connectivity index (χ1n) is 4.79. The highest BCUT2D eigenvalue weighted by Gasteiger charge is 2.57. The first kappa shape index (κ1) is 11.1. The van der Waals surface area contributed by atoms with E-state index in [9.17, 15) is 12.8 Å². The largest absolute Gasteiger partial charge is 0.229 e. The zero-order valence-corrected chi connectivity index (χ0v) is 9.41. The molecule has 3 atom stereocenters. The molecule has 1 fully saturated rings. The van der Waals surface area contributed by atoms with Gasteiger partial charge in [-0.1, -0.05) is 12.1 Å².